The van der Waals surface area contributed by atoms with Gasteiger partial charge in [0.25, 0.3) is 0 Å². The summed E-state index contributed by atoms with van der Waals surface area (Å²) in [6.07, 6.45) is 2.25. The zero-order valence-corrected chi connectivity index (χ0v) is 13.0. The number of rotatable bonds is 5. The molecule has 106 valence electrons. The maximum atomic E-state index is 3.48. The van der Waals surface area contributed by atoms with Crippen molar-refractivity contribution in [2.24, 2.45) is 0 Å². The third kappa shape index (κ3) is 3.49. The molecule has 0 aliphatic heterocycles. The number of aryl methyl sites for hydroxylation is 4. The van der Waals surface area contributed by atoms with Crippen molar-refractivity contribution in [2.45, 2.75) is 39.7 Å². The van der Waals surface area contributed by atoms with E-state index in [-0.39, 0.29) is 0 Å². The van der Waals surface area contributed by atoms with Gasteiger partial charge in [0.05, 0.1) is 0 Å². The zero-order chi connectivity index (χ0) is 14.5. The van der Waals surface area contributed by atoms with Crippen LogP contribution < -0.4 is 5.32 Å². The molecule has 1 atom stereocenters. The molecule has 0 saturated carbocycles. The Hall–Kier alpha value is -1.60. The van der Waals surface area contributed by atoms with Crippen molar-refractivity contribution in [3.8, 4) is 0 Å². The van der Waals surface area contributed by atoms with Gasteiger partial charge in [0.1, 0.15) is 0 Å². The van der Waals surface area contributed by atoms with Crippen molar-refractivity contribution in [3.63, 3.8) is 0 Å². The van der Waals surface area contributed by atoms with Crippen LogP contribution in [0.1, 0.15) is 40.3 Å². The summed E-state index contributed by atoms with van der Waals surface area (Å²) >= 11 is 0. The maximum Gasteiger partial charge on any atom is 0.0323 e. The van der Waals surface area contributed by atoms with Crippen LogP contribution in [0.25, 0.3) is 0 Å². The van der Waals surface area contributed by atoms with E-state index in [0.29, 0.717) is 6.04 Å². The molecule has 2 rings (SSSR count). The van der Waals surface area contributed by atoms with Gasteiger partial charge in [-0.05, 0) is 62.9 Å². The molecule has 0 aromatic heterocycles. The van der Waals surface area contributed by atoms with E-state index in [1.165, 1.54) is 27.8 Å². The Kier molecular flexibility index (Phi) is 4.97. The summed E-state index contributed by atoms with van der Waals surface area (Å²) in [5.74, 6) is 0. The summed E-state index contributed by atoms with van der Waals surface area (Å²) < 4.78 is 0. The van der Waals surface area contributed by atoms with Crippen molar-refractivity contribution in [1.29, 1.82) is 0 Å². The molecule has 1 nitrogen and oxygen atoms in total. The predicted molar refractivity (Wildman–Crippen MR) is 87.2 cm³/mol. The molecule has 0 spiro atoms. The first-order chi connectivity index (χ1) is 9.61. The summed E-state index contributed by atoms with van der Waals surface area (Å²) in [5, 5.41) is 3.48. The van der Waals surface area contributed by atoms with Crippen LogP contribution in [0.5, 0.6) is 0 Å². The van der Waals surface area contributed by atoms with Gasteiger partial charge in [0, 0.05) is 6.04 Å². The van der Waals surface area contributed by atoms with Crippen LogP contribution in [0.2, 0.25) is 0 Å². The van der Waals surface area contributed by atoms with Gasteiger partial charge in [0.15, 0.2) is 0 Å². The van der Waals surface area contributed by atoms with E-state index < -0.39 is 0 Å². The number of benzene rings is 2. The molecular weight excluding hydrogens is 242 g/mol. The van der Waals surface area contributed by atoms with Gasteiger partial charge in [-0.15, -0.1) is 0 Å². The summed E-state index contributed by atoms with van der Waals surface area (Å²) in [4.78, 5) is 0. The standard InChI is InChI=1S/C19H25N/c1-14-9-10-16(3)18(13-14)19(20-4)12-11-17-8-6-5-7-15(17)2/h5-10,13,19-20H,11-12H2,1-4H3. The summed E-state index contributed by atoms with van der Waals surface area (Å²) in [6.45, 7) is 6.56. The molecule has 0 aliphatic rings. The Balaban J connectivity index is 2.13. The topological polar surface area (TPSA) is 12.0 Å². The first-order valence-electron chi connectivity index (χ1n) is 7.40. The minimum atomic E-state index is 0.425. The summed E-state index contributed by atoms with van der Waals surface area (Å²) in [6, 6.07) is 15.8. The highest BCUT2D eigenvalue weighted by atomic mass is 14.9. The minimum Gasteiger partial charge on any atom is -0.313 e. The van der Waals surface area contributed by atoms with Crippen molar-refractivity contribution in [1.82, 2.24) is 5.32 Å². The highest BCUT2D eigenvalue weighted by Gasteiger charge is 2.12. The lowest BCUT2D eigenvalue weighted by molar-refractivity contribution is 0.546. The molecule has 0 aliphatic carbocycles. The van der Waals surface area contributed by atoms with E-state index in [1.807, 2.05) is 0 Å². The molecule has 2 aromatic carbocycles. The predicted octanol–water partition coefficient (Wildman–Crippen LogP) is 4.51. The van der Waals surface area contributed by atoms with E-state index in [4.69, 9.17) is 0 Å². The zero-order valence-electron chi connectivity index (χ0n) is 13.0. The van der Waals surface area contributed by atoms with Gasteiger partial charge < -0.3 is 5.32 Å². The van der Waals surface area contributed by atoms with E-state index >= 15 is 0 Å². The Labute approximate surface area is 123 Å². The lowest BCUT2D eigenvalue weighted by Crippen LogP contribution is -2.18. The van der Waals surface area contributed by atoms with Crippen molar-refractivity contribution < 1.29 is 0 Å². The van der Waals surface area contributed by atoms with E-state index in [2.05, 4.69) is 75.6 Å². The molecule has 0 heterocycles. The van der Waals surface area contributed by atoms with Gasteiger partial charge in [-0.1, -0.05) is 48.0 Å². The molecule has 0 fully saturated rings. The molecule has 1 heteroatoms. The Morgan fingerprint density at radius 1 is 0.950 bits per heavy atom. The lowest BCUT2D eigenvalue weighted by atomic mass is 9.93. The van der Waals surface area contributed by atoms with Crippen LogP contribution in [0.15, 0.2) is 42.5 Å². The van der Waals surface area contributed by atoms with Crippen LogP contribution in [-0.4, -0.2) is 7.05 Å². The number of hydrogen-bond acceptors (Lipinski definition) is 1. The summed E-state index contributed by atoms with van der Waals surface area (Å²) in [5.41, 5.74) is 6.99. The van der Waals surface area contributed by atoms with Gasteiger partial charge in [-0.25, -0.2) is 0 Å². The number of hydrogen-bond donors (Lipinski definition) is 1. The third-order valence-electron chi connectivity index (χ3n) is 4.12. The molecule has 2 aromatic rings. The van der Waals surface area contributed by atoms with Crippen LogP contribution in [0.4, 0.5) is 0 Å². The van der Waals surface area contributed by atoms with Crippen LogP contribution in [0.3, 0.4) is 0 Å². The van der Waals surface area contributed by atoms with Crippen LogP contribution >= 0.6 is 0 Å². The third-order valence-corrected chi connectivity index (χ3v) is 4.12. The first-order valence-corrected chi connectivity index (χ1v) is 7.40. The minimum absolute atomic E-state index is 0.425. The molecule has 20 heavy (non-hydrogen) atoms. The fourth-order valence-electron chi connectivity index (χ4n) is 2.78. The average Bonchev–Trinajstić information content (AvgIpc) is 2.45. The maximum absolute atomic E-state index is 3.48. The molecule has 1 unspecified atom stereocenters. The molecule has 1 N–H and O–H groups in total. The number of nitrogens with one attached hydrogen (secondary N) is 1. The second-order valence-corrected chi connectivity index (χ2v) is 5.67. The van der Waals surface area contributed by atoms with Crippen molar-refractivity contribution >= 4 is 0 Å². The SMILES string of the molecule is CNC(CCc1ccccc1C)c1cc(C)ccc1C. The second kappa shape index (κ2) is 6.71. The smallest absolute Gasteiger partial charge is 0.0323 e. The van der Waals surface area contributed by atoms with Crippen LogP contribution in [0, 0.1) is 20.8 Å². The largest absolute Gasteiger partial charge is 0.313 e. The van der Waals surface area contributed by atoms with Gasteiger partial charge in [-0.3, -0.25) is 0 Å². The fourth-order valence-corrected chi connectivity index (χ4v) is 2.78. The highest BCUT2D eigenvalue weighted by molar-refractivity contribution is 5.33. The van der Waals surface area contributed by atoms with Crippen LogP contribution in [-0.2, 0) is 6.42 Å². The Bertz CT molecular complexity index is 572. The molecular formula is C19H25N. The van der Waals surface area contributed by atoms with Crippen molar-refractivity contribution in [3.05, 3.63) is 70.3 Å². The fraction of sp³-hybridized carbons (Fsp3) is 0.368. The van der Waals surface area contributed by atoms with Crippen molar-refractivity contribution in [2.75, 3.05) is 7.05 Å². The monoisotopic (exact) mass is 267 g/mol. The van der Waals surface area contributed by atoms with E-state index in [0.717, 1.165) is 12.8 Å². The van der Waals surface area contributed by atoms with Gasteiger partial charge >= 0.3 is 0 Å². The molecule has 0 bridgehead atoms. The van der Waals surface area contributed by atoms with Gasteiger partial charge in [-0.2, -0.15) is 0 Å². The Morgan fingerprint density at radius 3 is 2.40 bits per heavy atom. The first kappa shape index (κ1) is 14.8. The Morgan fingerprint density at radius 2 is 1.70 bits per heavy atom. The lowest BCUT2D eigenvalue weighted by Gasteiger charge is -2.20. The normalized spacial score (nSPS) is 12.4. The quantitative estimate of drug-likeness (QED) is 0.840. The van der Waals surface area contributed by atoms with E-state index in [1.54, 1.807) is 0 Å². The highest BCUT2D eigenvalue weighted by Crippen LogP contribution is 2.24. The van der Waals surface area contributed by atoms with Gasteiger partial charge in [0.2, 0.25) is 0 Å². The molecule has 0 saturated heterocycles. The molecule has 0 radical (unpaired) electrons. The van der Waals surface area contributed by atoms with E-state index in [9.17, 15) is 0 Å². The second-order valence-electron chi connectivity index (χ2n) is 5.67. The molecule has 0 amide bonds. The average molecular weight is 267 g/mol. The summed E-state index contributed by atoms with van der Waals surface area (Å²) in [7, 11) is 2.06.